The first-order valence-electron chi connectivity index (χ1n) is 11.0. The molecule has 0 bridgehead atoms. The molecule has 31 heavy (non-hydrogen) atoms. The highest BCUT2D eigenvalue weighted by Crippen LogP contribution is 2.27. The Hall–Kier alpha value is -2.16. The Kier molecular flexibility index (Phi) is 7.24. The molecule has 9 heteroatoms. The molecule has 1 unspecified atom stereocenters. The molecular weight excluding hydrogens is 420 g/mol. The van der Waals surface area contributed by atoms with Crippen LogP contribution in [0.25, 0.3) is 0 Å². The molecule has 1 aromatic heterocycles. The number of carbonyl (C=O) groups is 2. The number of esters is 1. The summed E-state index contributed by atoms with van der Waals surface area (Å²) in [6.45, 7) is 4.03. The molecule has 1 atom stereocenters. The predicted molar refractivity (Wildman–Crippen MR) is 117 cm³/mol. The quantitative estimate of drug-likeness (QED) is 0.659. The summed E-state index contributed by atoms with van der Waals surface area (Å²) in [5.41, 5.74) is 0.677. The zero-order valence-corrected chi connectivity index (χ0v) is 19.3. The molecule has 1 fully saturated rings. The van der Waals surface area contributed by atoms with Crippen molar-refractivity contribution in [2.24, 2.45) is 11.8 Å². The number of nitrogens with one attached hydrogen (secondary N) is 1. The molecule has 172 valence electrons. The molecule has 1 N–H and O–H groups in total. The molecule has 1 aromatic rings. The van der Waals surface area contributed by atoms with Crippen molar-refractivity contribution >= 4 is 21.7 Å². The molecule has 8 nitrogen and oxygen atoms in total. The second-order valence-electron chi connectivity index (χ2n) is 9.01. The summed E-state index contributed by atoms with van der Waals surface area (Å²) >= 11 is 0. The number of hydrogen-bond donors (Lipinski definition) is 1. The summed E-state index contributed by atoms with van der Waals surface area (Å²) < 4.78 is 30.8. The van der Waals surface area contributed by atoms with Gasteiger partial charge in [-0.2, -0.15) is 0 Å². The van der Waals surface area contributed by atoms with Gasteiger partial charge in [0.1, 0.15) is 11.6 Å². The topological polar surface area (TPSA) is 112 Å². The van der Waals surface area contributed by atoms with Crippen LogP contribution in [0.4, 0.5) is 0 Å². The van der Waals surface area contributed by atoms with Crippen LogP contribution < -0.4 is 10.9 Å². The van der Waals surface area contributed by atoms with Crippen LogP contribution >= 0.6 is 0 Å². The lowest BCUT2D eigenvalue weighted by atomic mass is 9.89. The third kappa shape index (κ3) is 5.37. The molecule has 3 rings (SSSR count). The van der Waals surface area contributed by atoms with E-state index >= 15 is 0 Å². The first-order chi connectivity index (χ1) is 14.6. The van der Waals surface area contributed by atoms with E-state index in [4.69, 9.17) is 4.74 Å². The Morgan fingerprint density at radius 1 is 1.23 bits per heavy atom. The standard InChI is InChI=1S/C22H32N2O6S/c1-14(2)19(22(27)30-3)23-20(25)17-11-16-13-31(28,29)10-9-18(16)24(21(17)26)12-15-7-5-4-6-8-15/h11,14-15,19H,4-10,12-13H2,1-3H3,(H,23,25). The number of pyridine rings is 1. The van der Waals surface area contributed by atoms with Crippen molar-refractivity contribution in [2.45, 2.75) is 70.7 Å². The van der Waals surface area contributed by atoms with Gasteiger partial charge in [-0.25, -0.2) is 13.2 Å². The van der Waals surface area contributed by atoms with Crippen molar-refractivity contribution < 1.29 is 22.7 Å². The average molecular weight is 453 g/mol. The summed E-state index contributed by atoms with van der Waals surface area (Å²) in [6.07, 6.45) is 5.74. The highest BCUT2D eigenvalue weighted by molar-refractivity contribution is 7.90. The van der Waals surface area contributed by atoms with Gasteiger partial charge in [0.15, 0.2) is 9.84 Å². The highest BCUT2D eigenvalue weighted by Gasteiger charge is 2.31. The number of rotatable bonds is 6. The molecule has 2 aliphatic rings. The monoisotopic (exact) mass is 452 g/mol. The zero-order chi connectivity index (χ0) is 22.8. The number of nitrogens with zero attached hydrogens (tertiary/aromatic N) is 1. The molecule has 0 radical (unpaired) electrons. The predicted octanol–water partition coefficient (Wildman–Crippen LogP) is 1.83. The van der Waals surface area contributed by atoms with E-state index in [0.29, 0.717) is 18.0 Å². The van der Waals surface area contributed by atoms with Crippen LogP contribution in [0.5, 0.6) is 0 Å². The maximum atomic E-state index is 13.3. The minimum atomic E-state index is -3.28. The lowest BCUT2D eigenvalue weighted by molar-refractivity contribution is -0.144. The van der Waals surface area contributed by atoms with Gasteiger partial charge in [0.05, 0.1) is 18.6 Å². The Labute approximate surface area is 183 Å². The number of aromatic nitrogens is 1. The van der Waals surface area contributed by atoms with E-state index in [-0.39, 0.29) is 29.4 Å². The van der Waals surface area contributed by atoms with Gasteiger partial charge >= 0.3 is 5.97 Å². The van der Waals surface area contributed by atoms with Gasteiger partial charge in [0.25, 0.3) is 11.5 Å². The minimum absolute atomic E-state index is 0.00736. The van der Waals surface area contributed by atoms with E-state index in [2.05, 4.69) is 5.32 Å². The van der Waals surface area contributed by atoms with Gasteiger partial charge in [-0.15, -0.1) is 0 Å². The lowest BCUT2D eigenvalue weighted by Gasteiger charge is -2.27. The van der Waals surface area contributed by atoms with Crippen molar-refractivity contribution in [3.8, 4) is 0 Å². The van der Waals surface area contributed by atoms with Crippen LogP contribution in [-0.4, -0.2) is 43.8 Å². The SMILES string of the molecule is COC(=O)C(NC(=O)c1cc2c(n(CC3CCCCC3)c1=O)CCS(=O)(=O)C2)C(C)C. The van der Waals surface area contributed by atoms with E-state index in [1.54, 1.807) is 18.4 Å². The maximum absolute atomic E-state index is 13.3. The minimum Gasteiger partial charge on any atom is -0.467 e. The molecule has 1 amide bonds. The van der Waals surface area contributed by atoms with Crippen LogP contribution in [0.3, 0.4) is 0 Å². The van der Waals surface area contributed by atoms with Crippen LogP contribution in [0.15, 0.2) is 10.9 Å². The second-order valence-corrected chi connectivity index (χ2v) is 11.2. The average Bonchev–Trinajstić information content (AvgIpc) is 2.73. The van der Waals surface area contributed by atoms with Crippen molar-refractivity contribution in [2.75, 3.05) is 12.9 Å². The number of methoxy groups -OCH3 is 1. The number of amides is 1. The van der Waals surface area contributed by atoms with Crippen LogP contribution in [-0.2, 0) is 38.1 Å². The van der Waals surface area contributed by atoms with Crippen molar-refractivity contribution in [1.29, 1.82) is 0 Å². The molecule has 1 aliphatic carbocycles. The molecule has 2 heterocycles. The van der Waals surface area contributed by atoms with Crippen molar-refractivity contribution in [1.82, 2.24) is 9.88 Å². The summed E-state index contributed by atoms with van der Waals surface area (Å²) in [5.74, 6) is -1.35. The molecule has 0 spiro atoms. The van der Waals surface area contributed by atoms with Crippen LogP contribution in [0.1, 0.15) is 67.6 Å². The third-order valence-electron chi connectivity index (χ3n) is 6.33. The summed E-state index contributed by atoms with van der Waals surface area (Å²) in [6, 6.07) is 0.499. The van der Waals surface area contributed by atoms with Crippen LogP contribution in [0, 0.1) is 11.8 Å². The molecule has 0 aromatic carbocycles. The zero-order valence-electron chi connectivity index (χ0n) is 18.5. The molecular formula is C22H32N2O6S. The Morgan fingerprint density at radius 2 is 1.90 bits per heavy atom. The fourth-order valence-corrected chi connectivity index (χ4v) is 5.94. The van der Waals surface area contributed by atoms with E-state index < -0.39 is 33.3 Å². The second kappa shape index (κ2) is 9.54. The van der Waals surface area contributed by atoms with Gasteiger partial charge in [-0.05, 0) is 36.3 Å². The van der Waals surface area contributed by atoms with E-state index in [0.717, 1.165) is 31.4 Å². The van der Waals surface area contributed by atoms with Gasteiger partial charge in [0.2, 0.25) is 0 Å². The summed E-state index contributed by atoms with van der Waals surface area (Å²) in [4.78, 5) is 38.4. The number of carbonyl (C=O) groups excluding carboxylic acids is 2. The molecule has 1 saturated carbocycles. The fourth-order valence-electron chi connectivity index (χ4n) is 4.57. The smallest absolute Gasteiger partial charge is 0.328 e. The number of ether oxygens (including phenoxy) is 1. The summed E-state index contributed by atoms with van der Waals surface area (Å²) in [5, 5.41) is 2.61. The van der Waals surface area contributed by atoms with Gasteiger partial charge < -0.3 is 14.6 Å². The Morgan fingerprint density at radius 3 is 2.52 bits per heavy atom. The van der Waals surface area contributed by atoms with Crippen molar-refractivity contribution in [3.63, 3.8) is 0 Å². The lowest BCUT2D eigenvalue weighted by Crippen LogP contribution is -2.47. The normalized spacial score (nSPS) is 19.5. The molecule has 0 saturated heterocycles. The summed E-state index contributed by atoms with van der Waals surface area (Å²) in [7, 11) is -2.04. The van der Waals surface area contributed by atoms with Gasteiger partial charge in [0, 0.05) is 18.7 Å². The van der Waals surface area contributed by atoms with Crippen LogP contribution in [0.2, 0.25) is 0 Å². The third-order valence-corrected chi connectivity index (χ3v) is 7.91. The Balaban J connectivity index is 2.01. The Bertz CT molecular complexity index is 1010. The fraction of sp³-hybridized carbons (Fsp3) is 0.682. The molecule has 1 aliphatic heterocycles. The number of fused-ring (bicyclic) bond motifs is 1. The first kappa shape index (κ1) is 23.5. The van der Waals surface area contributed by atoms with Crippen molar-refractivity contribution in [3.05, 3.63) is 33.2 Å². The highest BCUT2D eigenvalue weighted by atomic mass is 32.2. The first-order valence-corrected chi connectivity index (χ1v) is 12.8. The van der Waals surface area contributed by atoms with Gasteiger partial charge in [-0.3, -0.25) is 9.59 Å². The largest absolute Gasteiger partial charge is 0.467 e. The number of hydrogen-bond acceptors (Lipinski definition) is 6. The number of sulfone groups is 1. The maximum Gasteiger partial charge on any atom is 0.328 e. The van der Waals surface area contributed by atoms with E-state index in [1.165, 1.54) is 19.6 Å². The van der Waals surface area contributed by atoms with E-state index in [1.807, 2.05) is 0 Å². The van der Waals surface area contributed by atoms with Gasteiger partial charge in [-0.1, -0.05) is 33.1 Å². The van der Waals surface area contributed by atoms with E-state index in [9.17, 15) is 22.8 Å².